The fourth-order valence-corrected chi connectivity index (χ4v) is 0. The monoisotopic (exact) mass is 378 g/mol. The molecule has 0 aliphatic carbocycles. The number of rotatable bonds is 0. The van der Waals surface area contributed by atoms with Gasteiger partial charge in [-0.05, 0) is 13.8 Å². The maximum absolute atomic E-state index is 7.57. The molecule has 0 fully saturated rings. The molecule has 66 valence electrons. The van der Waals surface area contributed by atoms with E-state index in [0.717, 1.165) is 0 Å². The number of aliphatic hydroxyl groups excluding tert-OH is 2. The van der Waals surface area contributed by atoms with Gasteiger partial charge in [0.1, 0.15) is 0 Å². The summed E-state index contributed by atoms with van der Waals surface area (Å²) >= 11 is -2.18. The molecular weight excluding hydrogens is 367 g/mol. The van der Waals surface area contributed by atoms with Crippen LogP contribution in [0.25, 0.3) is 0 Å². The average Bonchev–Trinajstić information content (AvgIpc) is 1.65. The van der Waals surface area contributed by atoms with Crippen molar-refractivity contribution in [3.05, 3.63) is 0 Å². The molecule has 0 saturated carbocycles. The first kappa shape index (κ1) is 17.6. The van der Waals surface area contributed by atoms with Gasteiger partial charge in [-0.2, -0.15) is 0 Å². The van der Waals surface area contributed by atoms with Crippen molar-refractivity contribution in [2.75, 3.05) is 13.2 Å². The standard InChI is InChI=1S/2C2H6O.3ClH.Ta/c2*1-2-3;;;;/h2*3H,2H2,1H3;3*1H;/q;;;;;+3/p-3. The summed E-state index contributed by atoms with van der Waals surface area (Å²) in [4.78, 5) is 0. The van der Waals surface area contributed by atoms with Gasteiger partial charge in [-0.25, -0.2) is 0 Å². The molecule has 0 aromatic carbocycles. The van der Waals surface area contributed by atoms with Crippen molar-refractivity contribution in [1.82, 2.24) is 0 Å². The van der Waals surface area contributed by atoms with Crippen LogP contribution in [0.4, 0.5) is 0 Å². The minimum atomic E-state index is -2.18. The Morgan fingerprint density at radius 1 is 1.00 bits per heavy atom. The Bertz CT molecular complexity index is 34.9. The van der Waals surface area contributed by atoms with Crippen molar-refractivity contribution in [1.29, 1.82) is 0 Å². The summed E-state index contributed by atoms with van der Waals surface area (Å²) in [5.74, 6) is 0. The summed E-state index contributed by atoms with van der Waals surface area (Å²) < 4.78 is 0. The Morgan fingerprint density at radius 3 is 1.00 bits per heavy atom. The van der Waals surface area contributed by atoms with Gasteiger partial charge in [0.25, 0.3) is 0 Å². The molecule has 0 radical (unpaired) electrons. The Morgan fingerprint density at radius 2 is 1.00 bits per heavy atom. The van der Waals surface area contributed by atoms with Crippen molar-refractivity contribution in [3.8, 4) is 0 Å². The topological polar surface area (TPSA) is 40.5 Å². The molecular formula is C4H12Cl3O2Ta. The summed E-state index contributed by atoms with van der Waals surface area (Å²) in [7, 11) is 15.0. The van der Waals surface area contributed by atoms with Crippen molar-refractivity contribution in [2.24, 2.45) is 0 Å². The van der Waals surface area contributed by atoms with Crippen molar-refractivity contribution >= 4 is 27.6 Å². The first-order valence-electron chi connectivity index (χ1n) is 2.55. The molecule has 0 atom stereocenters. The molecule has 10 heavy (non-hydrogen) atoms. The van der Waals surface area contributed by atoms with E-state index in [4.69, 9.17) is 37.8 Å². The number of aliphatic hydroxyl groups is 2. The third-order valence-corrected chi connectivity index (χ3v) is 0. The fourth-order valence-electron chi connectivity index (χ4n) is 0. The van der Waals surface area contributed by atoms with Gasteiger partial charge in [0.05, 0.1) is 0 Å². The fraction of sp³-hybridized carbons (Fsp3) is 1.00. The summed E-state index contributed by atoms with van der Waals surface area (Å²) in [5.41, 5.74) is 0. The molecule has 0 spiro atoms. The van der Waals surface area contributed by atoms with Crippen LogP contribution in [-0.4, -0.2) is 23.4 Å². The quantitative estimate of drug-likeness (QED) is 0.677. The van der Waals surface area contributed by atoms with Crippen molar-refractivity contribution < 1.29 is 25.4 Å². The summed E-state index contributed by atoms with van der Waals surface area (Å²) in [6.07, 6.45) is 0. The average molecular weight is 379 g/mol. The molecule has 0 heterocycles. The first-order chi connectivity index (χ1) is 4.56. The van der Waals surface area contributed by atoms with Gasteiger partial charge in [0.15, 0.2) is 0 Å². The second-order valence-corrected chi connectivity index (χ2v) is 14.8. The van der Waals surface area contributed by atoms with Crippen molar-refractivity contribution in [2.45, 2.75) is 13.8 Å². The minimum absolute atomic E-state index is 0.250. The van der Waals surface area contributed by atoms with Crippen LogP contribution in [0.5, 0.6) is 0 Å². The summed E-state index contributed by atoms with van der Waals surface area (Å²) in [5, 5.41) is 15.1. The van der Waals surface area contributed by atoms with Crippen LogP contribution in [0.2, 0.25) is 0 Å². The molecule has 0 aliphatic heterocycles. The molecule has 0 aromatic rings. The SMILES string of the molecule is CCO.CCO.[Cl][Ta]([Cl])[Cl]. The molecule has 0 bridgehead atoms. The number of halogens is 3. The molecule has 0 aliphatic rings. The van der Waals surface area contributed by atoms with Gasteiger partial charge < -0.3 is 10.2 Å². The van der Waals surface area contributed by atoms with Crippen LogP contribution >= 0.6 is 27.6 Å². The molecule has 0 saturated heterocycles. The Hall–Kier alpha value is 1.53. The zero-order valence-electron chi connectivity index (χ0n) is 5.89. The van der Waals surface area contributed by atoms with Gasteiger partial charge in [-0.1, -0.05) is 0 Å². The van der Waals surface area contributed by atoms with Gasteiger partial charge in [-0.15, -0.1) is 0 Å². The van der Waals surface area contributed by atoms with Gasteiger partial charge in [-0.3, -0.25) is 0 Å². The maximum atomic E-state index is 7.57. The Labute approximate surface area is 79.7 Å². The van der Waals surface area contributed by atoms with E-state index < -0.39 is 15.2 Å². The summed E-state index contributed by atoms with van der Waals surface area (Å²) in [6, 6.07) is 0. The predicted octanol–water partition coefficient (Wildman–Crippen LogP) is 2.06. The van der Waals surface area contributed by atoms with Gasteiger partial charge in [0, 0.05) is 13.2 Å². The van der Waals surface area contributed by atoms with Gasteiger partial charge >= 0.3 is 42.8 Å². The number of hydrogen-bond donors (Lipinski definition) is 2. The normalized spacial score (nSPS) is 7.20. The summed E-state index contributed by atoms with van der Waals surface area (Å²) in [6.45, 7) is 3.86. The van der Waals surface area contributed by atoms with Crippen LogP contribution in [0.1, 0.15) is 13.8 Å². The molecule has 2 nitrogen and oxygen atoms in total. The van der Waals surface area contributed by atoms with Crippen LogP contribution in [-0.2, 0) is 15.2 Å². The Kier molecular flexibility index (Phi) is 39.4. The van der Waals surface area contributed by atoms with E-state index >= 15 is 0 Å². The molecule has 6 heteroatoms. The molecule has 0 rings (SSSR count). The first-order valence-corrected chi connectivity index (χ1v) is 14.5. The van der Waals surface area contributed by atoms with E-state index in [2.05, 4.69) is 0 Å². The molecule has 0 amide bonds. The zero-order valence-corrected chi connectivity index (χ0v) is 11.4. The van der Waals surface area contributed by atoms with Crippen LogP contribution in [0.15, 0.2) is 0 Å². The van der Waals surface area contributed by atoms with Crippen LogP contribution < -0.4 is 0 Å². The van der Waals surface area contributed by atoms with E-state index in [1.807, 2.05) is 0 Å². The second kappa shape index (κ2) is 22.4. The van der Waals surface area contributed by atoms with E-state index in [1.54, 1.807) is 13.8 Å². The third-order valence-electron chi connectivity index (χ3n) is 0. The zero-order chi connectivity index (χ0) is 8.99. The van der Waals surface area contributed by atoms with E-state index in [9.17, 15) is 0 Å². The predicted molar refractivity (Wildman–Crippen MR) is 43.1 cm³/mol. The molecule has 0 aromatic heterocycles. The van der Waals surface area contributed by atoms with Crippen LogP contribution in [0.3, 0.4) is 0 Å². The molecule has 0 unspecified atom stereocenters. The van der Waals surface area contributed by atoms with Gasteiger partial charge in [0.2, 0.25) is 0 Å². The second-order valence-electron chi connectivity index (χ2n) is 0.824. The molecule has 2 N–H and O–H groups in total. The van der Waals surface area contributed by atoms with E-state index in [0.29, 0.717) is 0 Å². The van der Waals surface area contributed by atoms with E-state index in [1.165, 1.54) is 0 Å². The van der Waals surface area contributed by atoms with E-state index in [-0.39, 0.29) is 13.2 Å². The van der Waals surface area contributed by atoms with Crippen LogP contribution in [0, 0.1) is 0 Å². The number of hydrogen-bond acceptors (Lipinski definition) is 2. The third kappa shape index (κ3) is 296. The Balaban J connectivity index is -0.0000000750. The van der Waals surface area contributed by atoms with Crippen molar-refractivity contribution in [3.63, 3.8) is 0 Å².